The van der Waals surface area contributed by atoms with Gasteiger partial charge < -0.3 is 5.21 Å². The quantitative estimate of drug-likeness (QED) is 0.486. The molecule has 0 aliphatic rings. The molecule has 1 atom stereocenters. The monoisotopic (exact) mass is 161 g/mol. The Hall–Kier alpha value is -0.360. The fourth-order valence-corrected chi connectivity index (χ4v) is 0.335. The summed E-state index contributed by atoms with van der Waals surface area (Å²) in [7, 11) is 0.943. The molecule has 0 bridgehead atoms. The van der Waals surface area contributed by atoms with Crippen molar-refractivity contribution in [1.29, 1.82) is 0 Å². The topological polar surface area (TPSA) is 23.5 Å². The highest BCUT2D eigenvalue weighted by molar-refractivity contribution is 4.66. The van der Waals surface area contributed by atoms with Crippen LogP contribution in [0.25, 0.3) is 0 Å². The maximum atomic E-state index is 11.8. The molecule has 0 amide bonds. The molecule has 0 aliphatic heterocycles. The van der Waals surface area contributed by atoms with Gasteiger partial charge in [0.05, 0.1) is 6.54 Å². The van der Waals surface area contributed by atoms with Crippen molar-refractivity contribution in [1.82, 2.24) is 5.06 Å². The Kier molecular flexibility index (Phi) is 3.04. The van der Waals surface area contributed by atoms with E-state index in [1.165, 1.54) is 0 Å². The lowest BCUT2D eigenvalue weighted by molar-refractivity contribution is -0.203. The predicted octanol–water partition coefficient (Wildman–Crippen LogP) is 1.21. The molecule has 2 nitrogen and oxygen atoms in total. The van der Waals surface area contributed by atoms with Crippen molar-refractivity contribution in [3.8, 4) is 0 Å². The molecular formula is C4H7F4NO. The zero-order valence-electron chi connectivity index (χ0n) is 5.19. The average molecular weight is 161 g/mol. The lowest BCUT2D eigenvalue weighted by Gasteiger charge is -2.14. The smallest absolute Gasteiger partial charge is 0.314 e. The van der Waals surface area contributed by atoms with Crippen molar-refractivity contribution in [3.05, 3.63) is 0 Å². The first-order valence-electron chi connectivity index (χ1n) is 2.45. The largest absolute Gasteiger partial charge is 0.421 e. The minimum atomic E-state index is -4.88. The van der Waals surface area contributed by atoms with Gasteiger partial charge in [0.1, 0.15) is 0 Å². The molecule has 0 aliphatic carbocycles. The van der Waals surface area contributed by atoms with E-state index in [0.717, 1.165) is 7.05 Å². The summed E-state index contributed by atoms with van der Waals surface area (Å²) in [5.74, 6) is 0. The minimum absolute atomic E-state index is 0.151. The third-order valence-electron chi connectivity index (χ3n) is 0.780. The fourth-order valence-electron chi connectivity index (χ4n) is 0.335. The van der Waals surface area contributed by atoms with Gasteiger partial charge in [-0.1, -0.05) is 0 Å². The Morgan fingerprint density at radius 3 is 2.00 bits per heavy atom. The molecule has 0 aromatic carbocycles. The Labute approximate surface area is 55.0 Å². The van der Waals surface area contributed by atoms with Crippen LogP contribution in [0.5, 0.6) is 0 Å². The standard InChI is InChI=1S/C4H7F4NO/c1-9(10)2-3(5)4(6,7)8/h3,10H,2H2,1H3. The van der Waals surface area contributed by atoms with E-state index in [-0.39, 0.29) is 5.06 Å². The van der Waals surface area contributed by atoms with Gasteiger partial charge in [-0.05, 0) is 0 Å². The fraction of sp³-hybridized carbons (Fsp3) is 1.00. The van der Waals surface area contributed by atoms with Crippen LogP contribution in [0.1, 0.15) is 0 Å². The van der Waals surface area contributed by atoms with E-state index in [9.17, 15) is 17.6 Å². The molecule has 0 rings (SSSR count). The van der Waals surface area contributed by atoms with E-state index in [1.807, 2.05) is 0 Å². The van der Waals surface area contributed by atoms with E-state index in [4.69, 9.17) is 5.21 Å². The SMILES string of the molecule is CN(O)CC(F)C(F)(F)F. The molecule has 0 aromatic rings. The molecular weight excluding hydrogens is 154 g/mol. The maximum absolute atomic E-state index is 11.8. The number of rotatable bonds is 2. The highest BCUT2D eigenvalue weighted by Gasteiger charge is 2.40. The van der Waals surface area contributed by atoms with Gasteiger partial charge in [-0.3, -0.25) is 0 Å². The number of halogens is 4. The predicted molar refractivity (Wildman–Crippen MR) is 25.4 cm³/mol. The molecule has 0 radical (unpaired) electrons. The molecule has 0 saturated carbocycles. The van der Waals surface area contributed by atoms with Gasteiger partial charge >= 0.3 is 6.18 Å². The zero-order valence-corrected chi connectivity index (χ0v) is 5.19. The van der Waals surface area contributed by atoms with Crippen LogP contribution in [-0.4, -0.2) is 36.2 Å². The summed E-state index contributed by atoms with van der Waals surface area (Å²) >= 11 is 0. The lowest BCUT2D eigenvalue weighted by Crippen LogP contribution is -2.34. The van der Waals surface area contributed by atoms with Crippen LogP contribution >= 0.6 is 0 Å². The Morgan fingerprint density at radius 1 is 1.50 bits per heavy atom. The Morgan fingerprint density at radius 2 is 1.90 bits per heavy atom. The van der Waals surface area contributed by atoms with Gasteiger partial charge in [-0.15, -0.1) is 0 Å². The second-order valence-electron chi connectivity index (χ2n) is 1.85. The number of nitrogens with zero attached hydrogens (tertiary/aromatic N) is 1. The molecule has 1 unspecified atom stereocenters. The van der Waals surface area contributed by atoms with Crippen LogP contribution in [0, 0.1) is 0 Å². The lowest BCUT2D eigenvalue weighted by atomic mass is 10.4. The summed E-state index contributed by atoms with van der Waals surface area (Å²) < 4.78 is 45.7. The van der Waals surface area contributed by atoms with Crippen molar-refractivity contribution in [2.24, 2.45) is 0 Å². The first-order chi connectivity index (χ1) is 4.34. The summed E-state index contributed by atoms with van der Waals surface area (Å²) in [5, 5.41) is 8.33. The third kappa shape index (κ3) is 3.62. The van der Waals surface area contributed by atoms with E-state index >= 15 is 0 Å². The molecule has 1 N–H and O–H groups in total. The van der Waals surface area contributed by atoms with E-state index in [2.05, 4.69) is 0 Å². The van der Waals surface area contributed by atoms with Crippen molar-refractivity contribution in [2.45, 2.75) is 12.3 Å². The highest BCUT2D eigenvalue weighted by Crippen LogP contribution is 2.22. The highest BCUT2D eigenvalue weighted by atomic mass is 19.4. The molecule has 62 valence electrons. The summed E-state index contributed by atoms with van der Waals surface area (Å²) in [6.45, 7) is -1.05. The van der Waals surface area contributed by atoms with Gasteiger partial charge in [-0.2, -0.15) is 18.2 Å². The Bertz CT molecular complexity index is 102. The molecule has 0 spiro atoms. The van der Waals surface area contributed by atoms with E-state index in [0.29, 0.717) is 0 Å². The van der Waals surface area contributed by atoms with Crippen molar-refractivity contribution in [2.75, 3.05) is 13.6 Å². The van der Waals surface area contributed by atoms with E-state index in [1.54, 1.807) is 0 Å². The molecule has 0 fully saturated rings. The van der Waals surface area contributed by atoms with Gasteiger partial charge in [0.25, 0.3) is 0 Å². The molecule has 0 saturated heterocycles. The summed E-state index contributed by atoms with van der Waals surface area (Å²) in [6, 6.07) is 0. The van der Waals surface area contributed by atoms with Gasteiger partial charge in [0.2, 0.25) is 6.17 Å². The van der Waals surface area contributed by atoms with E-state index < -0.39 is 18.9 Å². The van der Waals surface area contributed by atoms with Crippen molar-refractivity contribution in [3.63, 3.8) is 0 Å². The third-order valence-corrected chi connectivity index (χ3v) is 0.780. The van der Waals surface area contributed by atoms with Crippen LogP contribution in [-0.2, 0) is 0 Å². The summed E-state index contributed by atoms with van der Waals surface area (Å²) in [5.41, 5.74) is 0. The number of hydrogen-bond acceptors (Lipinski definition) is 2. The van der Waals surface area contributed by atoms with Gasteiger partial charge in [0, 0.05) is 7.05 Å². The van der Waals surface area contributed by atoms with Crippen LogP contribution in [0.15, 0.2) is 0 Å². The van der Waals surface area contributed by atoms with Crippen molar-refractivity contribution >= 4 is 0 Å². The zero-order chi connectivity index (χ0) is 8.36. The molecule has 0 heterocycles. The first-order valence-corrected chi connectivity index (χ1v) is 2.45. The minimum Gasteiger partial charge on any atom is -0.314 e. The molecule has 10 heavy (non-hydrogen) atoms. The molecule has 0 aromatic heterocycles. The second kappa shape index (κ2) is 3.16. The summed E-state index contributed by atoms with van der Waals surface area (Å²) in [6.07, 6.45) is -7.86. The number of hydroxylamine groups is 2. The normalized spacial score (nSPS) is 15.9. The van der Waals surface area contributed by atoms with Crippen LogP contribution in [0.4, 0.5) is 17.6 Å². The van der Waals surface area contributed by atoms with Gasteiger partial charge in [0.15, 0.2) is 0 Å². The van der Waals surface area contributed by atoms with Crippen molar-refractivity contribution < 1.29 is 22.8 Å². The number of hydrogen-bond donors (Lipinski definition) is 1. The molecule has 6 heteroatoms. The van der Waals surface area contributed by atoms with Gasteiger partial charge in [-0.25, -0.2) is 4.39 Å². The Balaban J connectivity index is 3.73. The van der Waals surface area contributed by atoms with Crippen LogP contribution in [0.3, 0.4) is 0 Å². The number of alkyl halides is 4. The average Bonchev–Trinajstić information content (AvgIpc) is 1.60. The summed E-state index contributed by atoms with van der Waals surface area (Å²) in [4.78, 5) is 0. The second-order valence-corrected chi connectivity index (χ2v) is 1.85. The first kappa shape index (κ1) is 9.64. The maximum Gasteiger partial charge on any atom is 0.421 e. The van der Waals surface area contributed by atoms with Crippen LogP contribution in [0.2, 0.25) is 0 Å². The van der Waals surface area contributed by atoms with Crippen LogP contribution < -0.4 is 0 Å².